The van der Waals surface area contributed by atoms with Crippen molar-refractivity contribution < 1.29 is 9.53 Å². The lowest BCUT2D eigenvalue weighted by Crippen LogP contribution is -2.19. The van der Waals surface area contributed by atoms with E-state index in [1.165, 1.54) is 25.7 Å². The molecule has 2 aliphatic rings. The number of esters is 1. The van der Waals surface area contributed by atoms with Crippen LogP contribution in [-0.2, 0) is 9.53 Å². The van der Waals surface area contributed by atoms with Crippen molar-refractivity contribution in [3.8, 4) is 0 Å². The molecular weight excluding hydrogens is 298 g/mol. The molecule has 1 aromatic heterocycles. The molecule has 3 atom stereocenters. The van der Waals surface area contributed by atoms with Gasteiger partial charge in [0.1, 0.15) is 5.82 Å². The van der Waals surface area contributed by atoms with Gasteiger partial charge in [-0.2, -0.15) is 0 Å². The van der Waals surface area contributed by atoms with Crippen LogP contribution in [0.4, 0.5) is 0 Å². The Bertz CT molecular complexity index is 531. The predicted molar refractivity (Wildman–Crippen MR) is 85.8 cm³/mol. The summed E-state index contributed by atoms with van der Waals surface area (Å²) in [7, 11) is 0. The minimum absolute atomic E-state index is 0.0284. The normalized spacial score (nSPS) is 28.8. The van der Waals surface area contributed by atoms with Gasteiger partial charge in [-0.1, -0.05) is 31.5 Å². The minimum atomic E-state index is -0.0284. The highest BCUT2D eigenvalue weighted by molar-refractivity contribution is 7.99. The molecule has 0 bridgehead atoms. The summed E-state index contributed by atoms with van der Waals surface area (Å²) in [6.45, 7) is 4.97. The fourth-order valence-corrected chi connectivity index (χ4v) is 4.70. The van der Waals surface area contributed by atoms with Crippen LogP contribution in [0.15, 0.2) is 5.16 Å². The van der Waals surface area contributed by atoms with Crippen LogP contribution in [-0.4, -0.2) is 33.1 Å². The number of rotatable bonds is 5. The second-order valence-electron chi connectivity index (χ2n) is 6.62. The molecule has 0 radical (unpaired) electrons. The maximum atomic E-state index is 11.5. The van der Waals surface area contributed by atoms with Crippen molar-refractivity contribution in [2.75, 3.05) is 12.4 Å². The Morgan fingerprint density at radius 1 is 1.32 bits per heavy atom. The Kier molecular flexibility index (Phi) is 5.06. The summed E-state index contributed by atoms with van der Waals surface area (Å²) in [5.41, 5.74) is 0. The summed E-state index contributed by atoms with van der Waals surface area (Å²) in [6.07, 6.45) is 6.82. The SMILES string of the molecule is Cc1nnc(SCC[C@@H]2CCOC2=O)n1[C@H]1CCC[C@@H](C)C1. The lowest BCUT2D eigenvalue weighted by molar-refractivity contribution is -0.141. The van der Waals surface area contributed by atoms with E-state index in [0.29, 0.717) is 12.6 Å². The molecule has 0 unspecified atom stereocenters. The Balaban J connectivity index is 1.60. The summed E-state index contributed by atoms with van der Waals surface area (Å²) in [5.74, 6) is 2.76. The largest absolute Gasteiger partial charge is 0.465 e. The molecule has 5 nitrogen and oxygen atoms in total. The summed E-state index contributed by atoms with van der Waals surface area (Å²) in [4.78, 5) is 11.5. The lowest BCUT2D eigenvalue weighted by Gasteiger charge is -2.29. The van der Waals surface area contributed by atoms with E-state index in [0.717, 1.165) is 35.5 Å². The molecule has 1 saturated heterocycles. The van der Waals surface area contributed by atoms with Gasteiger partial charge in [0.15, 0.2) is 5.16 Å². The number of hydrogen-bond donors (Lipinski definition) is 0. The minimum Gasteiger partial charge on any atom is -0.465 e. The van der Waals surface area contributed by atoms with Crippen LogP contribution in [0.5, 0.6) is 0 Å². The van der Waals surface area contributed by atoms with Gasteiger partial charge in [-0.15, -0.1) is 10.2 Å². The predicted octanol–water partition coefficient (Wildman–Crippen LogP) is 3.38. The van der Waals surface area contributed by atoms with Gasteiger partial charge in [0.25, 0.3) is 0 Å². The van der Waals surface area contributed by atoms with Crippen LogP contribution in [0.2, 0.25) is 0 Å². The van der Waals surface area contributed by atoms with Gasteiger partial charge in [0.05, 0.1) is 12.5 Å². The fraction of sp³-hybridized carbons (Fsp3) is 0.812. The second-order valence-corrected chi connectivity index (χ2v) is 7.68. The Morgan fingerprint density at radius 3 is 2.91 bits per heavy atom. The topological polar surface area (TPSA) is 57.0 Å². The zero-order valence-electron chi connectivity index (χ0n) is 13.5. The maximum absolute atomic E-state index is 11.5. The third-order valence-electron chi connectivity index (χ3n) is 4.85. The number of thioether (sulfide) groups is 1. The molecule has 6 heteroatoms. The summed E-state index contributed by atoms with van der Waals surface area (Å²) >= 11 is 1.73. The van der Waals surface area contributed by atoms with E-state index in [2.05, 4.69) is 21.7 Å². The number of ether oxygens (including phenoxy) is 1. The van der Waals surface area contributed by atoms with E-state index in [9.17, 15) is 4.79 Å². The van der Waals surface area contributed by atoms with Gasteiger partial charge < -0.3 is 9.30 Å². The smallest absolute Gasteiger partial charge is 0.309 e. The monoisotopic (exact) mass is 323 g/mol. The number of carbonyl (C=O) groups excluding carboxylic acids is 1. The quantitative estimate of drug-likeness (QED) is 0.614. The first kappa shape index (κ1) is 15.8. The number of hydrogen-bond acceptors (Lipinski definition) is 5. The standard InChI is InChI=1S/C16H25N3O2S/c1-11-4-3-5-14(10-11)19-12(2)17-18-16(19)22-9-7-13-6-8-21-15(13)20/h11,13-14H,3-10H2,1-2H3/t11-,13+,14+/m1/s1. The van der Waals surface area contributed by atoms with Crippen LogP contribution in [0, 0.1) is 18.8 Å². The average Bonchev–Trinajstić information content (AvgIpc) is 3.06. The van der Waals surface area contributed by atoms with Crippen LogP contribution in [0.25, 0.3) is 0 Å². The molecule has 122 valence electrons. The first-order chi connectivity index (χ1) is 10.6. The molecule has 1 aliphatic carbocycles. The van der Waals surface area contributed by atoms with Crippen LogP contribution >= 0.6 is 11.8 Å². The van der Waals surface area contributed by atoms with Gasteiger partial charge in [-0.05, 0) is 38.5 Å². The van der Waals surface area contributed by atoms with Gasteiger partial charge in [0.2, 0.25) is 0 Å². The maximum Gasteiger partial charge on any atom is 0.309 e. The van der Waals surface area contributed by atoms with Crippen LogP contribution in [0.1, 0.15) is 57.3 Å². The number of aryl methyl sites for hydroxylation is 1. The van der Waals surface area contributed by atoms with Crippen molar-refractivity contribution in [3.05, 3.63) is 5.82 Å². The molecule has 1 aromatic rings. The van der Waals surface area contributed by atoms with Crippen molar-refractivity contribution >= 4 is 17.7 Å². The molecule has 2 fully saturated rings. The molecule has 3 rings (SSSR count). The summed E-state index contributed by atoms with van der Waals surface area (Å²) < 4.78 is 7.35. The van der Waals surface area contributed by atoms with Crippen molar-refractivity contribution in [2.45, 2.75) is 63.6 Å². The first-order valence-corrected chi connectivity index (χ1v) is 9.34. The average molecular weight is 323 g/mol. The molecule has 0 aromatic carbocycles. The molecule has 22 heavy (non-hydrogen) atoms. The highest BCUT2D eigenvalue weighted by Crippen LogP contribution is 2.35. The van der Waals surface area contributed by atoms with E-state index >= 15 is 0 Å². The number of aromatic nitrogens is 3. The Labute approximate surface area is 136 Å². The highest BCUT2D eigenvalue weighted by Gasteiger charge is 2.27. The molecular formula is C16H25N3O2S. The molecule has 1 aliphatic heterocycles. The van der Waals surface area contributed by atoms with E-state index in [1.807, 2.05) is 6.92 Å². The zero-order chi connectivity index (χ0) is 15.5. The van der Waals surface area contributed by atoms with E-state index in [1.54, 1.807) is 11.8 Å². The highest BCUT2D eigenvalue weighted by atomic mass is 32.2. The fourth-order valence-electron chi connectivity index (χ4n) is 3.60. The third kappa shape index (κ3) is 3.47. The van der Waals surface area contributed by atoms with Gasteiger partial charge >= 0.3 is 5.97 Å². The zero-order valence-corrected chi connectivity index (χ0v) is 14.3. The van der Waals surface area contributed by atoms with E-state index < -0.39 is 0 Å². The first-order valence-electron chi connectivity index (χ1n) is 8.36. The van der Waals surface area contributed by atoms with Crippen LogP contribution < -0.4 is 0 Å². The summed E-state index contributed by atoms with van der Waals surface area (Å²) in [6, 6.07) is 0.540. The number of carbonyl (C=O) groups is 1. The molecule has 0 spiro atoms. The van der Waals surface area contributed by atoms with Crippen molar-refractivity contribution in [2.24, 2.45) is 11.8 Å². The van der Waals surface area contributed by atoms with Crippen molar-refractivity contribution in [1.82, 2.24) is 14.8 Å². The van der Waals surface area contributed by atoms with Gasteiger partial charge in [0, 0.05) is 11.8 Å². The Hall–Kier alpha value is -1.04. The summed E-state index contributed by atoms with van der Waals surface area (Å²) in [5, 5.41) is 9.66. The second kappa shape index (κ2) is 7.02. The third-order valence-corrected chi connectivity index (χ3v) is 5.83. The molecule has 0 amide bonds. The van der Waals surface area contributed by atoms with Crippen LogP contribution in [0.3, 0.4) is 0 Å². The number of nitrogens with zero attached hydrogens (tertiary/aromatic N) is 3. The van der Waals surface area contributed by atoms with E-state index in [4.69, 9.17) is 4.74 Å². The lowest BCUT2D eigenvalue weighted by atomic mass is 9.87. The van der Waals surface area contributed by atoms with Crippen molar-refractivity contribution in [3.63, 3.8) is 0 Å². The van der Waals surface area contributed by atoms with Gasteiger partial charge in [-0.3, -0.25) is 4.79 Å². The Morgan fingerprint density at radius 2 is 2.18 bits per heavy atom. The molecule has 1 saturated carbocycles. The molecule has 0 N–H and O–H groups in total. The van der Waals surface area contributed by atoms with Crippen molar-refractivity contribution in [1.29, 1.82) is 0 Å². The van der Waals surface area contributed by atoms with E-state index in [-0.39, 0.29) is 11.9 Å². The number of cyclic esters (lactones) is 1. The van der Waals surface area contributed by atoms with Gasteiger partial charge in [-0.25, -0.2) is 0 Å². The molecule has 2 heterocycles.